The Balaban J connectivity index is 1.97. The Labute approximate surface area is 112 Å². The minimum atomic E-state index is -0.355. The summed E-state index contributed by atoms with van der Waals surface area (Å²) >= 11 is 1.75. The van der Waals surface area contributed by atoms with Gasteiger partial charge in [-0.05, 0) is 50.1 Å². The maximum atomic E-state index is 12.8. The summed E-state index contributed by atoms with van der Waals surface area (Å²) in [5, 5.41) is 13.0. The maximum absolute atomic E-state index is 12.8. The van der Waals surface area contributed by atoms with Crippen LogP contribution in [0, 0.1) is 17.1 Å². The van der Waals surface area contributed by atoms with E-state index < -0.39 is 0 Å². The topological polar surface area (TPSA) is 35.8 Å². The highest BCUT2D eigenvalue weighted by Crippen LogP contribution is 2.39. The molecule has 0 amide bonds. The zero-order chi connectivity index (χ0) is 13.0. The third kappa shape index (κ3) is 3.04. The summed E-state index contributed by atoms with van der Waals surface area (Å²) < 4.78 is 12.8. The van der Waals surface area contributed by atoms with Gasteiger partial charge in [-0.1, -0.05) is 6.92 Å². The van der Waals surface area contributed by atoms with Crippen LogP contribution >= 0.6 is 11.8 Å². The smallest absolute Gasteiger partial charge is 0.123 e. The van der Waals surface area contributed by atoms with Crippen LogP contribution in [0.5, 0.6) is 0 Å². The SMILES string of the molecule is CCNC1(C#N)CCC(Sc2ccc(F)cc2)C1. The summed E-state index contributed by atoms with van der Waals surface area (Å²) in [7, 11) is 0. The first-order chi connectivity index (χ1) is 8.67. The highest BCUT2D eigenvalue weighted by molar-refractivity contribution is 8.00. The average molecular weight is 264 g/mol. The molecule has 0 bridgehead atoms. The van der Waals surface area contributed by atoms with Crippen LogP contribution in [0.15, 0.2) is 29.2 Å². The standard InChI is InChI=1S/C14H17FN2S/c1-2-17-14(10-16)8-7-13(9-14)18-12-5-3-11(15)4-6-12/h3-6,13,17H,2,7-9H2,1H3. The number of nitrogens with zero attached hydrogens (tertiary/aromatic N) is 1. The van der Waals surface area contributed by atoms with Gasteiger partial charge in [0.1, 0.15) is 11.4 Å². The van der Waals surface area contributed by atoms with E-state index >= 15 is 0 Å². The normalized spacial score (nSPS) is 27.1. The second-order valence-corrected chi connectivity index (χ2v) is 6.03. The summed E-state index contributed by atoms with van der Waals surface area (Å²) in [5.74, 6) is -0.204. The lowest BCUT2D eigenvalue weighted by atomic mass is 10.0. The van der Waals surface area contributed by atoms with Crippen LogP contribution in [-0.2, 0) is 0 Å². The first kappa shape index (κ1) is 13.4. The molecular weight excluding hydrogens is 247 g/mol. The highest BCUT2D eigenvalue weighted by Gasteiger charge is 2.38. The van der Waals surface area contributed by atoms with E-state index in [9.17, 15) is 9.65 Å². The first-order valence-electron chi connectivity index (χ1n) is 6.26. The van der Waals surface area contributed by atoms with Crippen molar-refractivity contribution in [1.29, 1.82) is 5.26 Å². The van der Waals surface area contributed by atoms with E-state index in [4.69, 9.17) is 0 Å². The molecule has 1 aromatic carbocycles. The summed E-state index contributed by atoms with van der Waals surface area (Å²) in [6.07, 6.45) is 2.79. The van der Waals surface area contributed by atoms with E-state index in [1.807, 2.05) is 6.92 Å². The fourth-order valence-corrected chi connectivity index (χ4v) is 3.73. The number of halogens is 1. The number of nitriles is 1. The summed E-state index contributed by atoms with van der Waals surface area (Å²) in [5.41, 5.74) is -0.355. The van der Waals surface area contributed by atoms with Gasteiger partial charge >= 0.3 is 0 Å². The number of hydrogen-bond acceptors (Lipinski definition) is 3. The molecule has 1 N–H and O–H groups in total. The Morgan fingerprint density at radius 1 is 1.50 bits per heavy atom. The van der Waals surface area contributed by atoms with Gasteiger partial charge in [0.15, 0.2) is 0 Å². The second-order valence-electron chi connectivity index (χ2n) is 4.66. The fourth-order valence-electron chi connectivity index (χ4n) is 2.45. The van der Waals surface area contributed by atoms with Crippen molar-refractivity contribution in [2.75, 3.05) is 6.54 Å². The van der Waals surface area contributed by atoms with Crippen molar-refractivity contribution in [2.24, 2.45) is 0 Å². The number of rotatable bonds is 4. The predicted molar refractivity (Wildman–Crippen MR) is 71.9 cm³/mol. The molecule has 1 aliphatic carbocycles. The predicted octanol–water partition coefficient (Wildman–Crippen LogP) is 3.34. The van der Waals surface area contributed by atoms with Crippen LogP contribution in [0.3, 0.4) is 0 Å². The van der Waals surface area contributed by atoms with Crippen molar-refractivity contribution in [3.63, 3.8) is 0 Å². The Morgan fingerprint density at radius 2 is 2.22 bits per heavy atom. The van der Waals surface area contributed by atoms with Crippen molar-refractivity contribution in [3.8, 4) is 6.07 Å². The third-order valence-corrected chi connectivity index (χ3v) is 4.59. The molecule has 0 aromatic heterocycles. The largest absolute Gasteiger partial charge is 0.300 e. The summed E-state index contributed by atoms with van der Waals surface area (Å²) in [6.45, 7) is 2.85. The summed E-state index contributed by atoms with van der Waals surface area (Å²) in [6, 6.07) is 9.00. The molecule has 0 spiro atoms. The lowest BCUT2D eigenvalue weighted by Gasteiger charge is -2.21. The minimum Gasteiger partial charge on any atom is -0.300 e. The molecule has 96 valence electrons. The average Bonchev–Trinajstić information content (AvgIpc) is 2.77. The van der Waals surface area contributed by atoms with Crippen LogP contribution in [0.2, 0.25) is 0 Å². The van der Waals surface area contributed by atoms with Gasteiger partial charge in [-0.15, -0.1) is 11.8 Å². The Hall–Kier alpha value is -1.05. The quantitative estimate of drug-likeness (QED) is 0.906. The number of thioether (sulfide) groups is 1. The molecule has 0 saturated heterocycles. The van der Waals surface area contributed by atoms with Gasteiger partial charge in [0.25, 0.3) is 0 Å². The summed E-state index contributed by atoms with van der Waals surface area (Å²) in [4.78, 5) is 1.08. The zero-order valence-corrected chi connectivity index (χ0v) is 11.3. The molecule has 0 heterocycles. The number of benzene rings is 1. The van der Waals surface area contributed by atoms with E-state index in [1.165, 1.54) is 12.1 Å². The van der Waals surface area contributed by atoms with Crippen LogP contribution < -0.4 is 5.32 Å². The first-order valence-corrected chi connectivity index (χ1v) is 7.14. The van der Waals surface area contributed by atoms with Gasteiger partial charge in [-0.3, -0.25) is 5.32 Å². The molecule has 2 atom stereocenters. The van der Waals surface area contributed by atoms with Gasteiger partial charge in [0.05, 0.1) is 6.07 Å². The zero-order valence-electron chi connectivity index (χ0n) is 10.4. The molecule has 1 saturated carbocycles. The van der Waals surface area contributed by atoms with Gasteiger partial charge in [0.2, 0.25) is 0 Å². The van der Waals surface area contributed by atoms with E-state index in [-0.39, 0.29) is 11.4 Å². The maximum Gasteiger partial charge on any atom is 0.123 e. The molecule has 2 unspecified atom stereocenters. The van der Waals surface area contributed by atoms with Crippen LogP contribution in [0.4, 0.5) is 4.39 Å². The van der Waals surface area contributed by atoms with Crippen molar-refractivity contribution >= 4 is 11.8 Å². The number of nitrogens with one attached hydrogen (secondary N) is 1. The Bertz CT molecular complexity index is 440. The van der Waals surface area contributed by atoms with Crippen molar-refractivity contribution < 1.29 is 4.39 Å². The molecule has 0 aliphatic heterocycles. The molecule has 2 rings (SSSR count). The monoisotopic (exact) mass is 264 g/mol. The van der Waals surface area contributed by atoms with Crippen molar-refractivity contribution in [3.05, 3.63) is 30.1 Å². The van der Waals surface area contributed by atoms with Gasteiger partial charge < -0.3 is 0 Å². The molecular formula is C14H17FN2S. The van der Waals surface area contributed by atoms with Crippen LogP contribution in [0.1, 0.15) is 26.2 Å². The fraction of sp³-hybridized carbons (Fsp3) is 0.500. The van der Waals surface area contributed by atoms with E-state index in [2.05, 4.69) is 11.4 Å². The van der Waals surface area contributed by atoms with Crippen molar-refractivity contribution in [2.45, 2.75) is 41.9 Å². The minimum absolute atomic E-state index is 0.204. The van der Waals surface area contributed by atoms with E-state index in [0.29, 0.717) is 5.25 Å². The van der Waals surface area contributed by atoms with E-state index in [1.54, 1.807) is 23.9 Å². The van der Waals surface area contributed by atoms with Crippen molar-refractivity contribution in [1.82, 2.24) is 5.32 Å². The Morgan fingerprint density at radius 3 is 2.83 bits per heavy atom. The number of hydrogen-bond donors (Lipinski definition) is 1. The van der Waals surface area contributed by atoms with Gasteiger partial charge in [0, 0.05) is 10.1 Å². The molecule has 2 nitrogen and oxygen atoms in total. The molecule has 0 radical (unpaired) electrons. The van der Waals surface area contributed by atoms with Gasteiger partial charge in [-0.2, -0.15) is 5.26 Å². The Kier molecular flexibility index (Phi) is 4.26. The molecule has 1 aliphatic rings. The molecule has 1 fully saturated rings. The lowest BCUT2D eigenvalue weighted by Crippen LogP contribution is -2.41. The lowest BCUT2D eigenvalue weighted by molar-refractivity contribution is 0.436. The van der Waals surface area contributed by atoms with E-state index in [0.717, 1.165) is 30.7 Å². The molecule has 1 aromatic rings. The molecule has 18 heavy (non-hydrogen) atoms. The van der Waals surface area contributed by atoms with Gasteiger partial charge in [-0.25, -0.2) is 4.39 Å². The van der Waals surface area contributed by atoms with Crippen LogP contribution in [0.25, 0.3) is 0 Å². The highest BCUT2D eigenvalue weighted by atomic mass is 32.2. The second kappa shape index (κ2) is 5.73. The third-order valence-electron chi connectivity index (χ3n) is 3.31. The van der Waals surface area contributed by atoms with Crippen LogP contribution in [-0.4, -0.2) is 17.3 Å². The molecule has 4 heteroatoms.